The monoisotopic (exact) mass is 379 g/mol. The molecule has 0 saturated heterocycles. The maximum Gasteiger partial charge on any atom is 0.275 e. The Morgan fingerprint density at radius 1 is 1.00 bits per heavy atom. The van der Waals surface area contributed by atoms with Crippen LogP contribution < -0.4 is 4.73 Å². The van der Waals surface area contributed by atoms with Crippen molar-refractivity contribution in [3.8, 4) is 0 Å². The molecule has 1 aromatic carbocycles. The van der Waals surface area contributed by atoms with E-state index in [9.17, 15) is 5.21 Å². The molecule has 1 heterocycles. The van der Waals surface area contributed by atoms with E-state index in [4.69, 9.17) is 0 Å². The smallest absolute Gasteiger partial charge is 0.275 e. The van der Waals surface area contributed by atoms with Crippen molar-refractivity contribution in [1.82, 2.24) is 0 Å². The number of halogens is 3. The highest BCUT2D eigenvalue weighted by Gasteiger charge is 2.17. The van der Waals surface area contributed by atoms with Crippen LogP contribution in [0, 0.1) is 5.21 Å². The number of aromatic nitrogens is 1. The van der Waals surface area contributed by atoms with Gasteiger partial charge in [0.2, 0.25) is 5.52 Å². The minimum atomic E-state index is 0.475. The van der Waals surface area contributed by atoms with Gasteiger partial charge < -0.3 is 5.21 Å². The predicted octanol–water partition coefficient (Wildman–Crippen LogP) is 3.76. The number of rotatable bonds is 0. The molecule has 0 aliphatic carbocycles. The molecule has 0 aliphatic heterocycles. The number of nitrogens with zero attached hydrogens (tertiary/aromatic N) is 1. The van der Waals surface area contributed by atoms with E-state index >= 15 is 0 Å². The van der Waals surface area contributed by atoms with E-state index in [0.717, 1.165) is 19.1 Å². The van der Waals surface area contributed by atoms with Gasteiger partial charge in [0, 0.05) is 22.0 Å². The standard InChI is InChI=1S/C9H4Br3NO/c10-7-5-3-1-2-4-6(5)13(14)9(12)8(7)11/h1-4H. The first-order chi connectivity index (χ1) is 6.63. The lowest BCUT2D eigenvalue weighted by Crippen LogP contribution is -2.29. The van der Waals surface area contributed by atoms with E-state index < -0.39 is 0 Å². The Morgan fingerprint density at radius 2 is 1.64 bits per heavy atom. The highest BCUT2D eigenvalue weighted by molar-refractivity contribution is 9.14. The van der Waals surface area contributed by atoms with Gasteiger partial charge in [-0.05, 0) is 37.9 Å². The molecule has 2 nitrogen and oxygen atoms in total. The Labute approximate surface area is 106 Å². The van der Waals surface area contributed by atoms with Crippen LogP contribution in [0.1, 0.15) is 0 Å². The number of hydrogen-bond donors (Lipinski definition) is 0. The molecule has 0 bridgehead atoms. The van der Waals surface area contributed by atoms with Crippen molar-refractivity contribution >= 4 is 58.7 Å². The molecule has 0 amide bonds. The summed E-state index contributed by atoms with van der Waals surface area (Å²) in [6.45, 7) is 0. The zero-order valence-electron chi connectivity index (χ0n) is 6.80. The molecule has 0 radical (unpaired) electrons. The number of fused-ring (bicyclic) bond motifs is 1. The van der Waals surface area contributed by atoms with Crippen molar-refractivity contribution in [1.29, 1.82) is 0 Å². The summed E-state index contributed by atoms with van der Waals surface area (Å²) in [6.07, 6.45) is 0. The number of hydrogen-bond acceptors (Lipinski definition) is 1. The molecule has 5 heteroatoms. The van der Waals surface area contributed by atoms with Crippen LogP contribution in [0.25, 0.3) is 10.9 Å². The van der Waals surface area contributed by atoms with E-state index in [0.29, 0.717) is 10.1 Å². The van der Waals surface area contributed by atoms with E-state index in [1.54, 1.807) is 6.07 Å². The molecule has 0 unspecified atom stereocenters. The van der Waals surface area contributed by atoms with Crippen LogP contribution in [0.5, 0.6) is 0 Å². The number of benzene rings is 1. The molecule has 0 spiro atoms. The largest absolute Gasteiger partial charge is 0.617 e. The molecule has 14 heavy (non-hydrogen) atoms. The van der Waals surface area contributed by atoms with Gasteiger partial charge in [0.05, 0.1) is 9.86 Å². The third-order valence-corrected chi connectivity index (χ3v) is 5.29. The van der Waals surface area contributed by atoms with Crippen LogP contribution in [0.15, 0.2) is 37.8 Å². The van der Waals surface area contributed by atoms with Crippen molar-refractivity contribution in [2.75, 3.05) is 0 Å². The van der Waals surface area contributed by atoms with Crippen molar-refractivity contribution in [2.24, 2.45) is 0 Å². The third kappa shape index (κ3) is 1.47. The van der Waals surface area contributed by atoms with Crippen LogP contribution in [0.2, 0.25) is 0 Å². The Balaban J connectivity index is 3.02. The lowest BCUT2D eigenvalue weighted by molar-refractivity contribution is -0.589. The van der Waals surface area contributed by atoms with Gasteiger partial charge in [0.15, 0.2) is 0 Å². The van der Waals surface area contributed by atoms with Gasteiger partial charge >= 0.3 is 0 Å². The van der Waals surface area contributed by atoms with E-state index in [2.05, 4.69) is 47.8 Å². The molecule has 1 aromatic heterocycles. The van der Waals surface area contributed by atoms with Crippen LogP contribution >= 0.6 is 47.8 Å². The topological polar surface area (TPSA) is 26.9 Å². The maximum atomic E-state index is 11.7. The molecule has 0 fully saturated rings. The summed E-state index contributed by atoms with van der Waals surface area (Å²) < 4.78 is 2.94. The van der Waals surface area contributed by atoms with Gasteiger partial charge in [0.1, 0.15) is 4.47 Å². The second-order valence-corrected chi connectivity index (χ2v) is 5.07. The van der Waals surface area contributed by atoms with Crippen molar-refractivity contribution < 1.29 is 4.73 Å². The van der Waals surface area contributed by atoms with Crippen molar-refractivity contribution in [3.05, 3.63) is 43.0 Å². The SMILES string of the molecule is [O-][n+]1c(Br)c(Br)c(Br)c2ccccc21. The summed E-state index contributed by atoms with van der Waals surface area (Å²) >= 11 is 10.00. The first kappa shape index (κ1) is 10.4. The summed E-state index contributed by atoms with van der Waals surface area (Å²) in [4.78, 5) is 0. The van der Waals surface area contributed by atoms with Gasteiger partial charge in [-0.2, -0.15) is 4.73 Å². The summed E-state index contributed by atoms with van der Waals surface area (Å²) in [5.74, 6) is 0. The van der Waals surface area contributed by atoms with Crippen molar-refractivity contribution in [3.63, 3.8) is 0 Å². The summed E-state index contributed by atoms with van der Waals surface area (Å²) in [7, 11) is 0. The molecule has 0 saturated carbocycles. The minimum absolute atomic E-state index is 0.475. The highest BCUT2D eigenvalue weighted by Crippen LogP contribution is 2.33. The fourth-order valence-electron chi connectivity index (χ4n) is 1.24. The molecule has 72 valence electrons. The minimum Gasteiger partial charge on any atom is -0.617 e. The molecule has 2 rings (SSSR count). The van der Waals surface area contributed by atoms with Crippen LogP contribution in [-0.4, -0.2) is 0 Å². The fourth-order valence-corrected chi connectivity index (χ4v) is 2.79. The first-order valence-corrected chi connectivity index (χ1v) is 6.15. The molecular weight excluding hydrogens is 378 g/mol. The van der Waals surface area contributed by atoms with Crippen LogP contribution in [0.4, 0.5) is 0 Å². The number of para-hydroxylation sites is 1. The van der Waals surface area contributed by atoms with Crippen LogP contribution in [-0.2, 0) is 0 Å². The zero-order chi connectivity index (χ0) is 10.3. The summed E-state index contributed by atoms with van der Waals surface area (Å²) in [5.41, 5.74) is 0.634. The summed E-state index contributed by atoms with van der Waals surface area (Å²) in [6, 6.07) is 7.41. The van der Waals surface area contributed by atoms with Gasteiger partial charge in [-0.3, -0.25) is 0 Å². The van der Waals surface area contributed by atoms with Crippen molar-refractivity contribution in [2.45, 2.75) is 0 Å². The molecule has 0 N–H and O–H groups in total. The summed E-state index contributed by atoms with van der Waals surface area (Å²) in [5, 5.41) is 12.6. The predicted molar refractivity (Wildman–Crippen MR) is 66.0 cm³/mol. The second kappa shape index (κ2) is 3.79. The van der Waals surface area contributed by atoms with Gasteiger partial charge in [-0.1, -0.05) is 12.1 Å². The fraction of sp³-hybridized carbons (Fsp3) is 0. The zero-order valence-corrected chi connectivity index (χ0v) is 11.6. The third-order valence-electron chi connectivity index (χ3n) is 1.91. The Bertz CT molecular complexity index is 466. The maximum absolute atomic E-state index is 11.7. The highest BCUT2D eigenvalue weighted by atomic mass is 79.9. The van der Waals surface area contributed by atoms with E-state index in [1.807, 2.05) is 18.2 Å². The Hall–Kier alpha value is -0.130. The average molecular weight is 382 g/mol. The van der Waals surface area contributed by atoms with E-state index in [1.165, 1.54) is 0 Å². The Kier molecular flexibility index (Phi) is 2.81. The van der Waals surface area contributed by atoms with Gasteiger partial charge in [-0.25, -0.2) is 0 Å². The number of pyridine rings is 1. The molecular formula is C9H4Br3NO. The first-order valence-electron chi connectivity index (χ1n) is 3.77. The van der Waals surface area contributed by atoms with Gasteiger partial charge in [0.25, 0.3) is 4.60 Å². The molecule has 2 aromatic rings. The van der Waals surface area contributed by atoms with Gasteiger partial charge in [-0.15, -0.1) is 0 Å². The normalized spacial score (nSPS) is 10.8. The molecule has 0 aliphatic rings. The quantitative estimate of drug-likeness (QED) is 0.388. The van der Waals surface area contributed by atoms with E-state index in [-0.39, 0.29) is 0 Å². The molecule has 0 atom stereocenters. The Morgan fingerprint density at radius 3 is 2.36 bits per heavy atom. The lowest BCUT2D eigenvalue weighted by atomic mass is 10.2. The van der Waals surface area contributed by atoms with Crippen LogP contribution in [0.3, 0.4) is 0 Å². The lowest BCUT2D eigenvalue weighted by Gasteiger charge is -2.07. The second-order valence-electron chi connectivity index (χ2n) is 2.73. The average Bonchev–Trinajstić information content (AvgIpc) is 2.23.